The molecule has 6 nitrogen and oxygen atoms in total. The fraction of sp³-hybridized carbons (Fsp3) is 0.500. The average molecular weight is 327 g/mol. The van der Waals surface area contributed by atoms with Crippen molar-refractivity contribution in [3.05, 3.63) is 40.2 Å². The minimum absolute atomic E-state index is 0.00994. The van der Waals surface area contributed by atoms with Gasteiger partial charge in [-0.05, 0) is 43.7 Å². The summed E-state index contributed by atoms with van der Waals surface area (Å²) in [5.41, 5.74) is 0.344. The fourth-order valence-corrected chi connectivity index (χ4v) is 3.82. The number of nitrogens with zero attached hydrogens (tertiary/aromatic N) is 2. The van der Waals surface area contributed by atoms with E-state index in [1.54, 1.807) is 23.1 Å². The van der Waals surface area contributed by atoms with Crippen LogP contribution in [0.4, 0.5) is 0 Å². The molecular weight excluding hydrogens is 306 g/mol. The number of H-pyrrole nitrogens is 1. The molecule has 1 aromatic heterocycles. The molecule has 2 aliphatic heterocycles. The second kappa shape index (κ2) is 6.36. The van der Waals surface area contributed by atoms with Gasteiger partial charge < -0.3 is 9.64 Å². The van der Waals surface area contributed by atoms with E-state index < -0.39 is 0 Å². The lowest BCUT2D eigenvalue weighted by atomic mass is 9.89. The zero-order chi connectivity index (χ0) is 16.5. The Labute approximate surface area is 139 Å². The van der Waals surface area contributed by atoms with E-state index in [1.165, 1.54) is 0 Å². The third-order valence-electron chi connectivity index (χ3n) is 5.20. The van der Waals surface area contributed by atoms with E-state index in [0.717, 1.165) is 32.3 Å². The molecular formula is C18H21N3O3. The molecule has 0 bridgehead atoms. The van der Waals surface area contributed by atoms with E-state index >= 15 is 0 Å². The summed E-state index contributed by atoms with van der Waals surface area (Å²) >= 11 is 0. The second-order valence-corrected chi connectivity index (χ2v) is 6.63. The van der Waals surface area contributed by atoms with Crippen LogP contribution in [0, 0.1) is 5.92 Å². The highest BCUT2D eigenvalue weighted by molar-refractivity contribution is 5.95. The topological polar surface area (TPSA) is 75.3 Å². The normalized spacial score (nSPS) is 22.2. The number of hydrogen-bond donors (Lipinski definition) is 1. The van der Waals surface area contributed by atoms with Crippen molar-refractivity contribution in [2.75, 3.05) is 19.7 Å². The monoisotopic (exact) mass is 327 g/mol. The highest BCUT2D eigenvalue weighted by Gasteiger charge is 2.32. The van der Waals surface area contributed by atoms with Crippen LogP contribution in [0.5, 0.6) is 0 Å². The summed E-state index contributed by atoms with van der Waals surface area (Å²) in [6.07, 6.45) is 4.48. The molecule has 3 heterocycles. The Morgan fingerprint density at radius 1 is 1.21 bits per heavy atom. The first kappa shape index (κ1) is 15.3. The van der Waals surface area contributed by atoms with Crippen molar-refractivity contribution >= 4 is 16.8 Å². The van der Waals surface area contributed by atoms with E-state index in [9.17, 15) is 9.59 Å². The molecule has 2 fully saturated rings. The van der Waals surface area contributed by atoms with Gasteiger partial charge in [0.1, 0.15) is 0 Å². The van der Waals surface area contributed by atoms with E-state index in [0.29, 0.717) is 36.0 Å². The zero-order valence-corrected chi connectivity index (χ0v) is 13.5. The van der Waals surface area contributed by atoms with E-state index in [2.05, 4.69) is 10.2 Å². The van der Waals surface area contributed by atoms with Crippen LogP contribution in [0.1, 0.15) is 36.2 Å². The summed E-state index contributed by atoms with van der Waals surface area (Å²) in [6, 6.07) is 7.12. The molecule has 4 rings (SSSR count). The second-order valence-electron chi connectivity index (χ2n) is 6.63. The Balaban J connectivity index is 1.50. The van der Waals surface area contributed by atoms with Crippen LogP contribution in [-0.4, -0.2) is 46.8 Å². The number of aromatic nitrogens is 2. The largest absolute Gasteiger partial charge is 0.378 e. The smallest absolute Gasteiger partial charge is 0.278 e. The number of rotatable bonds is 2. The van der Waals surface area contributed by atoms with E-state index in [1.807, 2.05) is 6.07 Å². The molecule has 2 aromatic rings. The molecule has 0 aliphatic carbocycles. The SMILES string of the molecule is O=C(c1n[nH]c2ccccc2c1=O)N1CCC(C2CCCO2)CC1. The van der Waals surface area contributed by atoms with E-state index in [-0.39, 0.29) is 17.0 Å². The van der Waals surface area contributed by atoms with Crippen molar-refractivity contribution in [1.82, 2.24) is 15.1 Å². The number of amides is 1. The third kappa shape index (κ3) is 2.71. The number of ether oxygens (including phenoxy) is 1. The van der Waals surface area contributed by atoms with Gasteiger partial charge >= 0.3 is 0 Å². The number of benzene rings is 1. The Kier molecular flexibility index (Phi) is 4.06. The molecule has 2 aliphatic rings. The van der Waals surface area contributed by atoms with Crippen LogP contribution < -0.4 is 5.43 Å². The van der Waals surface area contributed by atoms with Gasteiger partial charge in [0, 0.05) is 25.1 Å². The summed E-state index contributed by atoms with van der Waals surface area (Å²) in [7, 11) is 0. The molecule has 24 heavy (non-hydrogen) atoms. The molecule has 0 spiro atoms. The maximum absolute atomic E-state index is 12.7. The number of piperidine rings is 1. The number of para-hydroxylation sites is 1. The van der Waals surface area contributed by atoms with E-state index in [4.69, 9.17) is 4.74 Å². The molecule has 126 valence electrons. The van der Waals surface area contributed by atoms with Crippen molar-refractivity contribution in [3.8, 4) is 0 Å². The number of fused-ring (bicyclic) bond motifs is 1. The Morgan fingerprint density at radius 3 is 2.75 bits per heavy atom. The first-order valence-corrected chi connectivity index (χ1v) is 8.62. The van der Waals surface area contributed by atoms with Crippen LogP contribution in [0.15, 0.2) is 29.1 Å². The average Bonchev–Trinajstić information content (AvgIpc) is 3.17. The standard InChI is InChI=1S/C18H21N3O3/c22-17-13-4-1-2-5-14(13)19-20-16(17)18(23)21-9-7-12(8-10-21)15-6-3-11-24-15/h1-2,4-5,12,15H,3,6-11H2,(H,19,22). The van der Waals surface area contributed by atoms with Crippen molar-refractivity contribution in [1.29, 1.82) is 0 Å². The Hall–Kier alpha value is -2.21. The van der Waals surface area contributed by atoms with Gasteiger partial charge in [0.25, 0.3) is 5.91 Å². The molecule has 2 saturated heterocycles. The lowest BCUT2D eigenvalue weighted by molar-refractivity contribution is 0.0288. The third-order valence-corrected chi connectivity index (χ3v) is 5.20. The minimum Gasteiger partial charge on any atom is -0.378 e. The number of likely N-dealkylation sites (tertiary alicyclic amines) is 1. The van der Waals surface area contributed by atoms with Gasteiger partial charge in [0.2, 0.25) is 5.43 Å². The maximum atomic E-state index is 12.7. The van der Waals surface area contributed by atoms with Crippen LogP contribution in [0.2, 0.25) is 0 Å². The number of nitrogens with one attached hydrogen (secondary N) is 1. The summed E-state index contributed by atoms with van der Waals surface area (Å²) in [6.45, 7) is 2.19. The first-order valence-electron chi connectivity index (χ1n) is 8.62. The molecule has 0 saturated carbocycles. The zero-order valence-electron chi connectivity index (χ0n) is 13.5. The van der Waals surface area contributed by atoms with Crippen LogP contribution in [-0.2, 0) is 4.74 Å². The Bertz CT molecular complexity index is 803. The van der Waals surface area contributed by atoms with Gasteiger partial charge in [-0.1, -0.05) is 12.1 Å². The lowest BCUT2D eigenvalue weighted by Gasteiger charge is -2.34. The predicted octanol–water partition coefficient (Wildman–Crippen LogP) is 1.95. The predicted molar refractivity (Wildman–Crippen MR) is 90.0 cm³/mol. The van der Waals surface area contributed by atoms with Gasteiger partial charge in [-0.2, -0.15) is 5.10 Å². The van der Waals surface area contributed by atoms with Crippen LogP contribution in [0.3, 0.4) is 0 Å². The van der Waals surface area contributed by atoms with Gasteiger partial charge in [0.05, 0.1) is 11.6 Å². The fourth-order valence-electron chi connectivity index (χ4n) is 3.82. The van der Waals surface area contributed by atoms with Gasteiger partial charge in [-0.3, -0.25) is 14.7 Å². The van der Waals surface area contributed by atoms with Gasteiger partial charge in [-0.15, -0.1) is 0 Å². The summed E-state index contributed by atoms with van der Waals surface area (Å²) in [4.78, 5) is 27.0. The molecule has 1 N–H and O–H groups in total. The first-order chi connectivity index (χ1) is 11.7. The Morgan fingerprint density at radius 2 is 2.00 bits per heavy atom. The van der Waals surface area contributed by atoms with Gasteiger partial charge in [-0.25, -0.2) is 0 Å². The molecule has 0 radical (unpaired) electrons. The van der Waals surface area contributed by atoms with Crippen molar-refractivity contribution in [2.45, 2.75) is 31.8 Å². The maximum Gasteiger partial charge on any atom is 0.278 e. The number of hydrogen-bond acceptors (Lipinski definition) is 4. The quantitative estimate of drug-likeness (QED) is 0.915. The summed E-state index contributed by atoms with van der Waals surface area (Å²) < 4.78 is 5.77. The molecule has 1 amide bonds. The van der Waals surface area contributed by atoms with Crippen molar-refractivity contribution in [3.63, 3.8) is 0 Å². The van der Waals surface area contributed by atoms with Crippen LogP contribution in [0.25, 0.3) is 10.9 Å². The highest BCUT2D eigenvalue weighted by Crippen LogP contribution is 2.29. The highest BCUT2D eigenvalue weighted by atomic mass is 16.5. The number of carbonyl (C=O) groups is 1. The molecule has 1 unspecified atom stereocenters. The lowest BCUT2D eigenvalue weighted by Crippen LogP contribution is -2.43. The molecule has 1 atom stereocenters. The number of aromatic amines is 1. The minimum atomic E-state index is -0.296. The molecule has 1 aromatic carbocycles. The number of carbonyl (C=O) groups excluding carboxylic acids is 1. The van der Waals surface area contributed by atoms with Crippen molar-refractivity contribution < 1.29 is 9.53 Å². The summed E-state index contributed by atoms with van der Waals surface area (Å²) in [5, 5.41) is 7.35. The van der Waals surface area contributed by atoms with Gasteiger partial charge in [0.15, 0.2) is 5.69 Å². The van der Waals surface area contributed by atoms with Crippen LogP contribution >= 0.6 is 0 Å². The molecule has 6 heteroatoms. The van der Waals surface area contributed by atoms with Crippen molar-refractivity contribution in [2.24, 2.45) is 5.92 Å². The summed E-state index contributed by atoms with van der Waals surface area (Å²) in [5.74, 6) is 0.257.